The molecule has 0 aromatic carbocycles. The Morgan fingerprint density at radius 2 is 2.20 bits per heavy atom. The van der Waals surface area contributed by atoms with Crippen molar-refractivity contribution in [2.75, 3.05) is 19.6 Å². The molecule has 2 nitrogen and oxygen atoms in total. The Balaban J connectivity index is 2.23. The van der Waals surface area contributed by atoms with Crippen LogP contribution in [0.3, 0.4) is 0 Å². The molecule has 1 fully saturated rings. The second-order valence-corrected chi connectivity index (χ2v) is 5.17. The van der Waals surface area contributed by atoms with E-state index in [0.29, 0.717) is 4.99 Å². The average Bonchev–Trinajstić information content (AvgIpc) is 2.41. The fourth-order valence-electron chi connectivity index (χ4n) is 2.41. The van der Waals surface area contributed by atoms with E-state index >= 15 is 0 Å². The van der Waals surface area contributed by atoms with Crippen LogP contribution in [0.1, 0.15) is 45.4 Å². The van der Waals surface area contributed by atoms with Gasteiger partial charge in [-0.25, -0.2) is 0 Å². The number of hydrogen-bond donors (Lipinski definition) is 1. The van der Waals surface area contributed by atoms with Crippen molar-refractivity contribution in [3.8, 4) is 0 Å². The smallest absolute Gasteiger partial charge is 0.0740 e. The lowest BCUT2D eigenvalue weighted by atomic mass is 9.96. The predicted octanol–water partition coefficient (Wildman–Crippen LogP) is 2.56. The molecule has 0 saturated carbocycles. The summed E-state index contributed by atoms with van der Waals surface area (Å²) in [4.78, 5) is 3.18. The van der Waals surface area contributed by atoms with Crippen LogP contribution in [0, 0.1) is 5.92 Å². The Hall–Kier alpha value is -0.150. The second-order valence-electron chi connectivity index (χ2n) is 4.64. The summed E-state index contributed by atoms with van der Waals surface area (Å²) in [5.74, 6) is 0.963. The minimum Gasteiger partial charge on any atom is -0.393 e. The summed E-state index contributed by atoms with van der Waals surface area (Å²) in [7, 11) is 0. The largest absolute Gasteiger partial charge is 0.393 e. The van der Waals surface area contributed by atoms with Gasteiger partial charge in [0.05, 0.1) is 4.99 Å². The summed E-state index contributed by atoms with van der Waals surface area (Å²) in [5.41, 5.74) is 5.53. The third kappa shape index (κ3) is 5.47. The van der Waals surface area contributed by atoms with Gasteiger partial charge < -0.3 is 10.6 Å². The van der Waals surface area contributed by atoms with E-state index in [0.717, 1.165) is 18.9 Å². The van der Waals surface area contributed by atoms with E-state index in [2.05, 4.69) is 11.8 Å². The van der Waals surface area contributed by atoms with Gasteiger partial charge in [0, 0.05) is 13.0 Å². The van der Waals surface area contributed by atoms with Crippen LogP contribution in [-0.4, -0.2) is 29.5 Å². The highest BCUT2D eigenvalue weighted by atomic mass is 32.1. The van der Waals surface area contributed by atoms with Gasteiger partial charge in [0.25, 0.3) is 0 Å². The van der Waals surface area contributed by atoms with Gasteiger partial charge in [0.1, 0.15) is 0 Å². The van der Waals surface area contributed by atoms with Gasteiger partial charge in [0.15, 0.2) is 0 Å². The summed E-state index contributed by atoms with van der Waals surface area (Å²) in [6.07, 6.45) is 7.75. The van der Waals surface area contributed by atoms with Gasteiger partial charge in [-0.3, -0.25) is 0 Å². The van der Waals surface area contributed by atoms with Crippen LogP contribution >= 0.6 is 12.2 Å². The number of likely N-dealkylation sites (tertiary alicyclic amines) is 1. The summed E-state index contributed by atoms with van der Waals surface area (Å²) >= 11 is 4.91. The fourth-order valence-corrected chi connectivity index (χ4v) is 2.50. The minimum atomic E-state index is 0.657. The Morgan fingerprint density at radius 3 is 2.87 bits per heavy atom. The van der Waals surface area contributed by atoms with E-state index in [1.54, 1.807) is 0 Å². The molecule has 0 amide bonds. The maximum absolute atomic E-state index is 5.53. The molecular weight excluding hydrogens is 204 g/mol. The van der Waals surface area contributed by atoms with Gasteiger partial charge in [-0.15, -0.1) is 0 Å². The molecule has 0 spiro atoms. The molecule has 1 aliphatic heterocycles. The highest BCUT2D eigenvalue weighted by Crippen LogP contribution is 2.21. The number of thiocarbonyl (C=S) groups is 1. The summed E-state index contributed by atoms with van der Waals surface area (Å²) in [6.45, 7) is 5.83. The molecule has 2 N–H and O–H groups in total. The maximum Gasteiger partial charge on any atom is 0.0740 e. The lowest BCUT2D eigenvalue weighted by Gasteiger charge is -2.19. The first-order valence-electron chi connectivity index (χ1n) is 6.23. The van der Waals surface area contributed by atoms with E-state index in [-0.39, 0.29) is 0 Å². The molecule has 0 aliphatic carbocycles. The predicted molar refractivity (Wildman–Crippen MR) is 70.1 cm³/mol. The number of nitrogens with zero attached hydrogens (tertiary/aromatic N) is 1. The van der Waals surface area contributed by atoms with Crippen molar-refractivity contribution in [1.29, 1.82) is 0 Å². The third-order valence-electron chi connectivity index (χ3n) is 3.31. The lowest BCUT2D eigenvalue weighted by molar-refractivity contribution is 0.287. The van der Waals surface area contributed by atoms with Crippen molar-refractivity contribution in [1.82, 2.24) is 4.90 Å². The van der Waals surface area contributed by atoms with E-state index in [9.17, 15) is 0 Å². The van der Waals surface area contributed by atoms with Gasteiger partial charge in [-0.1, -0.05) is 32.0 Å². The van der Waals surface area contributed by atoms with E-state index in [1.165, 1.54) is 45.2 Å². The van der Waals surface area contributed by atoms with Crippen LogP contribution in [0.2, 0.25) is 0 Å². The van der Waals surface area contributed by atoms with Gasteiger partial charge >= 0.3 is 0 Å². The Labute approximate surface area is 99.2 Å². The summed E-state index contributed by atoms with van der Waals surface area (Å²) in [6, 6.07) is 0. The summed E-state index contributed by atoms with van der Waals surface area (Å²) in [5, 5.41) is 0. The first-order valence-corrected chi connectivity index (χ1v) is 6.64. The maximum atomic E-state index is 5.53. The zero-order chi connectivity index (χ0) is 11.1. The molecule has 88 valence electrons. The standard InChI is InChI=1S/C12H24N2S/c1-2-4-11-5-3-8-14(9-6-11)10-7-12(13)15/h11H,2-10H2,1H3,(H2,13,15). The van der Waals surface area contributed by atoms with Crippen molar-refractivity contribution >= 4 is 17.2 Å². The van der Waals surface area contributed by atoms with Crippen LogP contribution in [0.15, 0.2) is 0 Å². The van der Waals surface area contributed by atoms with Crippen molar-refractivity contribution in [2.45, 2.75) is 45.4 Å². The highest BCUT2D eigenvalue weighted by molar-refractivity contribution is 7.80. The van der Waals surface area contributed by atoms with E-state index < -0.39 is 0 Å². The molecule has 1 saturated heterocycles. The first kappa shape index (κ1) is 12.9. The highest BCUT2D eigenvalue weighted by Gasteiger charge is 2.15. The summed E-state index contributed by atoms with van der Waals surface area (Å²) < 4.78 is 0. The molecule has 1 atom stereocenters. The molecule has 0 radical (unpaired) electrons. The zero-order valence-electron chi connectivity index (χ0n) is 9.87. The van der Waals surface area contributed by atoms with Crippen LogP contribution in [-0.2, 0) is 0 Å². The SMILES string of the molecule is CCCC1CCCN(CCC(N)=S)CC1. The monoisotopic (exact) mass is 228 g/mol. The molecule has 1 aliphatic rings. The Kier molecular flexibility index (Phi) is 6.18. The Morgan fingerprint density at radius 1 is 1.40 bits per heavy atom. The quantitative estimate of drug-likeness (QED) is 0.733. The van der Waals surface area contributed by atoms with Gasteiger partial charge in [-0.2, -0.15) is 0 Å². The molecule has 1 rings (SSSR count). The topological polar surface area (TPSA) is 29.3 Å². The number of nitrogens with two attached hydrogens (primary N) is 1. The molecular formula is C12H24N2S. The molecule has 1 unspecified atom stereocenters. The van der Waals surface area contributed by atoms with Crippen LogP contribution in [0.25, 0.3) is 0 Å². The molecule has 0 aromatic rings. The van der Waals surface area contributed by atoms with Crippen molar-refractivity contribution < 1.29 is 0 Å². The lowest BCUT2D eigenvalue weighted by Crippen LogP contribution is -2.28. The van der Waals surface area contributed by atoms with Crippen molar-refractivity contribution in [3.63, 3.8) is 0 Å². The Bertz CT molecular complexity index is 194. The number of rotatable bonds is 5. The molecule has 1 heterocycles. The van der Waals surface area contributed by atoms with E-state index in [1.807, 2.05) is 0 Å². The molecule has 3 heteroatoms. The van der Waals surface area contributed by atoms with Crippen molar-refractivity contribution in [3.05, 3.63) is 0 Å². The average molecular weight is 228 g/mol. The van der Waals surface area contributed by atoms with Crippen LogP contribution in [0.5, 0.6) is 0 Å². The van der Waals surface area contributed by atoms with E-state index in [4.69, 9.17) is 18.0 Å². The fraction of sp³-hybridized carbons (Fsp3) is 0.917. The normalized spacial score (nSPS) is 23.7. The molecule has 15 heavy (non-hydrogen) atoms. The number of hydrogen-bond acceptors (Lipinski definition) is 2. The molecule has 0 aromatic heterocycles. The zero-order valence-corrected chi connectivity index (χ0v) is 10.7. The third-order valence-corrected chi connectivity index (χ3v) is 3.52. The minimum absolute atomic E-state index is 0.657. The van der Waals surface area contributed by atoms with Gasteiger partial charge in [-0.05, 0) is 38.3 Å². The first-order chi connectivity index (χ1) is 7.22. The van der Waals surface area contributed by atoms with Crippen LogP contribution in [0.4, 0.5) is 0 Å². The molecule has 0 bridgehead atoms. The van der Waals surface area contributed by atoms with Crippen molar-refractivity contribution in [2.24, 2.45) is 11.7 Å². The van der Waals surface area contributed by atoms with Crippen LogP contribution < -0.4 is 5.73 Å². The van der Waals surface area contributed by atoms with Gasteiger partial charge in [0.2, 0.25) is 0 Å². The second kappa shape index (κ2) is 7.18.